The van der Waals surface area contributed by atoms with Gasteiger partial charge in [0.15, 0.2) is 5.78 Å². The average Bonchev–Trinajstić information content (AvgIpc) is 2.97. The average molecular weight is 330 g/mol. The van der Waals surface area contributed by atoms with Gasteiger partial charge < -0.3 is 5.32 Å². The standard InChI is InChI=1S/C16H15FN4OS/c1-23-16-19-15-18-11-3-2-4-12(22)13(11)14(21(15)20-16)9-5-7-10(17)8-6-9/h5-8,14H,2-4H2,1H3,(H,18,19,20)/t14-/m0/s1. The molecule has 0 bridgehead atoms. The number of nitrogens with one attached hydrogen (secondary N) is 1. The molecule has 23 heavy (non-hydrogen) atoms. The van der Waals surface area contributed by atoms with Crippen LogP contribution in [0.3, 0.4) is 0 Å². The van der Waals surface area contributed by atoms with Crippen molar-refractivity contribution in [3.63, 3.8) is 0 Å². The van der Waals surface area contributed by atoms with Gasteiger partial charge in [-0.2, -0.15) is 4.98 Å². The summed E-state index contributed by atoms with van der Waals surface area (Å²) in [7, 11) is 0. The summed E-state index contributed by atoms with van der Waals surface area (Å²) < 4.78 is 15.0. The lowest BCUT2D eigenvalue weighted by Crippen LogP contribution is -2.31. The third-order valence-corrected chi connectivity index (χ3v) is 4.76. The smallest absolute Gasteiger partial charge is 0.227 e. The van der Waals surface area contributed by atoms with E-state index in [9.17, 15) is 9.18 Å². The minimum absolute atomic E-state index is 0.125. The molecule has 1 N–H and O–H groups in total. The molecule has 7 heteroatoms. The van der Waals surface area contributed by atoms with Gasteiger partial charge in [-0.3, -0.25) is 4.79 Å². The number of rotatable bonds is 2. The number of carbonyl (C=O) groups excluding carboxylic acids is 1. The summed E-state index contributed by atoms with van der Waals surface area (Å²) in [4.78, 5) is 17.0. The molecule has 1 atom stereocenters. The number of nitrogens with zero attached hydrogens (tertiary/aromatic N) is 3. The maximum atomic E-state index is 13.3. The van der Waals surface area contributed by atoms with Crippen LogP contribution in [0.4, 0.5) is 10.3 Å². The lowest BCUT2D eigenvalue weighted by Gasteiger charge is -2.32. The predicted octanol–water partition coefficient (Wildman–Crippen LogP) is 3.16. The highest BCUT2D eigenvalue weighted by molar-refractivity contribution is 7.98. The zero-order valence-electron chi connectivity index (χ0n) is 12.5. The Morgan fingerprint density at radius 1 is 1.30 bits per heavy atom. The Hall–Kier alpha value is -2.15. The van der Waals surface area contributed by atoms with Gasteiger partial charge >= 0.3 is 0 Å². The minimum Gasteiger partial charge on any atom is -0.328 e. The molecule has 0 radical (unpaired) electrons. The summed E-state index contributed by atoms with van der Waals surface area (Å²) in [6, 6.07) is 5.90. The molecule has 1 aliphatic carbocycles. The molecule has 4 rings (SSSR count). The first-order valence-electron chi connectivity index (χ1n) is 7.46. The number of aromatic nitrogens is 3. The van der Waals surface area contributed by atoms with Crippen LogP contribution < -0.4 is 5.32 Å². The van der Waals surface area contributed by atoms with Crippen molar-refractivity contribution < 1.29 is 9.18 Å². The highest BCUT2D eigenvalue weighted by Crippen LogP contribution is 2.40. The fraction of sp³-hybridized carbons (Fsp3) is 0.312. The van der Waals surface area contributed by atoms with Crippen LogP contribution in [-0.2, 0) is 4.79 Å². The predicted molar refractivity (Wildman–Crippen MR) is 85.8 cm³/mol. The lowest BCUT2D eigenvalue weighted by molar-refractivity contribution is -0.116. The van der Waals surface area contributed by atoms with Gasteiger partial charge in [0.2, 0.25) is 11.1 Å². The summed E-state index contributed by atoms with van der Waals surface area (Å²) in [6.45, 7) is 0. The normalized spacial score (nSPS) is 20.1. The Morgan fingerprint density at radius 2 is 2.09 bits per heavy atom. The van der Waals surface area contributed by atoms with Gasteiger partial charge in [0.1, 0.15) is 11.9 Å². The van der Waals surface area contributed by atoms with E-state index in [1.54, 1.807) is 16.8 Å². The third kappa shape index (κ3) is 2.35. The number of fused-ring (bicyclic) bond motifs is 1. The zero-order chi connectivity index (χ0) is 16.0. The van der Waals surface area contributed by atoms with Gasteiger partial charge in [0.25, 0.3) is 0 Å². The van der Waals surface area contributed by atoms with Crippen molar-refractivity contribution in [2.45, 2.75) is 30.5 Å². The van der Waals surface area contributed by atoms with Crippen molar-refractivity contribution in [2.24, 2.45) is 0 Å². The highest BCUT2D eigenvalue weighted by Gasteiger charge is 2.36. The SMILES string of the molecule is CSc1nc2n(n1)[C@@H](c1ccc(F)cc1)C1=C(CCCC1=O)N2. The third-order valence-electron chi connectivity index (χ3n) is 4.22. The molecule has 1 aromatic heterocycles. The van der Waals surface area contributed by atoms with E-state index in [0.717, 1.165) is 29.7 Å². The van der Waals surface area contributed by atoms with Crippen molar-refractivity contribution in [2.75, 3.05) is 11.6 Å². The molecule has 0 spiro atoms. The molecule has 5 nitrogen and oxygen atoms in total. The molecule has 0 saturated heterocycles. The number of anilines is 1. The van der Waals surface area contributed by atoms with E-state index in [0.29, 0.717) is 17.5 Å². The highest BCUT2D eigenvalue weighted by atomic mass is 32.2. The summed E-state index contributed by atoms with van der Waals surface area (Å²) in [5.41, 5.74) is 2.49. The minimum atomic E-state index is -0.344. The van der Waals surface area contributed by atoms with E-state index in [4.69, 9.17) is 0 Å². The summed E-state index contributed by atoms with van der Waals surface area (Å²) >= 11 is 1.45. The number of thioether (sulfide) groups is 1. The summed E-state index contributed by atoms with van der Waals surface area (Å²) in [5.74, 6) is 0.465. The van der Waals surface area contributed by atoms with Gasteiger partial charge in [0, 0.05) is 17.7 Å². The second-order valence-corrected chi connectivity index (χ2v) is 6.39. The number of Topliss-reactive ketones (excluding diaryl/α,β-unsaturated/α-hetero) is 1. The van der Waals surface area contributed by atoms with Crippen molar-refractivity contribution in [3.05, 3.63) is 46.9 Å². The molecule has 2 aliphatic rings. The molecule has 2 heterocycles. The monoisotopic (exact) mass is 330 g/mol. The quantitative estimate of drug-likeness (QED) is 0.857. The number of benzene rings is 1. The number of allylic oxidation sites excluding steroid dienone is 2. The largest absolute Gasteiger partial charge is 0.328 e. The van der Waals surface area contributed by atoms with Crippen LogP contribution in [0.1, 0.15) is 30.9 Å². The van der Waals surface area contributed by atoms with Crippen molar-refractivity contribution in [1.82, 2.24) is 14.8 Å². The fourth-order valence-electron chi connectivity index (χ4n) is 3.18. The van der Waals surface area contributed by atoms with Gasteiger partial charge in [-0.15, -0.1) is 5.10 Å². The molecule has 2 aromatic rings. The van der Waals surface area contributed by atoms with Gasteiger partial charge in [-0.1, -0.05) is 23.9 Å². The first-order valence-corrected chi connectivity index (χ1v) is 8.69. The van der Waals surface area contributed by atoms with Gasteiger partial charge in [0.05, 0.1) is 0 Å². The van der Waals surface area contributed by atoms with E-state index in [2.05, 4.69) is 15.4 Å². The Bertz CT molecular complexity index is 812. The summed E-state index contributed by atoms with van der Waals surface area (Å²) in [5, 5.41) is 8.40. The van der Waals surface area contributed by atoms with Crippen LogP contribution in [0.5, 0.6) is 0 Å². The number of hydrogen-bond donors (Lipinski definition) is 1. The number of ketones is 1. The van der Waals surface area contributed by atoms with Gasteiger partial charge in [-0.05, 0) is 36.8 Å². The van der Waals surface area contributed by atoms with Crippen LogP contribution in [0, 0.1) is 5.82 Å². The van der Waals surface area contributed by atoms with E-state index >= 15 is 0 Å². The maximum Gasteiger partial charge on any atom is 0.227 e. The van der Waals surface area contributed by atoms with Crippen LogP contribution in [0.2, 0.25) is 0 Å². The topological polar surface area (TPSA) is 59.8 Å². The zero-order valence-corrected chi connectivity index (χ0v) is 13.4. The van der Waals surface area contributed by atoms with E-state index in [1.807, 2.05) is 6.26 Å². The van der Waals surface area contributed by atoms with E-state index in [1.165, 1.54) is 23.9 Å². The van der Waals surface area contributed by atoms with Crippen LogP contribution in [0.15, 0.2) is 40.7 Å². The second kappa shape index (κ2) is 5.49. The maximum absolute atomic E-state index is 13.3. The molecular weight excluding hydrogens is 315 g/mol. The lowest BCUT2D eigenvalue weighted by atomic mass is 9.85. The Morgan fingerprint density at radius 3 is 2.83 bits per heavy atom. The Labute approximate surface area is 137 Å². The molecule has 1 aromatic carbocycles. The molecule has 1 aliphatic heterocycles. The second-order valence-electron chi connectivity index (χ2n) is 5.61. The van der Waals surface area contributed by atoms with Crippen molar-refractivity contribution in [1.29, 1.82) is 0 Å². The van der Waals surface area contributed by atoms with Crippen molar-refractivity contribution >= 4 is 23.5 Å². The summed E-state index contributed by atoms with van der Waals surface area (Å²) in [6.07, 6.45) is 4.11. The molecule has 0 unspecified atom stereocenters. The van der Waals surface area contributed by atoms with Crippen LogP contribution in [-0.4, -0.2) is 26.8 Å². The molecule has 118 valence electrons. The van der Waals surface area contributed by atoms with Crippen LogP contribution >= 0.6 is 11.8 Å². The molecule has 0 saturated carbocycles. The van der Waals surface area contributed by atoms with E-state index in [-0.39, 0.29) is 17.6 Å². The van der Waals surface area contributed by atoms with Crippen LogP contribution in [0.25, 0.3) is 0 Å². The fourth-order valence-corrected chi connectivity index (χ4v) is 3.52. The first kappa shape index (κ1) is 14.4. The number of halogens is 1. The Balaban J connectivity index is 1.90. The molecule has 0 fully saturated rings. The van der Waals surface area contributed by atoms with Crippen molar-refractivity contribution in [3.8, 4) is 0 Å². The molecule has 0 amide bonds. The first-order chi connectivity index (χ1) is 11.2. The number of hydrogen-bond acceptors (Lipinski definition) is 5. The molecular formula is C16H15FN4OS. The van der Waals surface area contributed by atoms with E-state index < -0.39 is 0 Å². The Kier molecular flexibility index (Phi) is 3.45. The number of carbonyl (C=O) groups is 1. The van der Waals surface area contributed by atoms with Gasteiger partial charge in [-0.25, -0.2) is 9.07 Å².